The van der Waals surface area contributed by atoms with Crippen LogP contribution in [0.25, 0.3) is 0 Å². The van der Waals surface area contributed by atoms with E-state index in [0.717, 1.165) is 5.56 Å². The van der Waals surface area contributed by atoms with E-state index in [1.54, 1.807) is 6.07 Å². The lowest BCUT2D eigenvalue weighted by Crippen LogP contribution is -2.33. The van der Waals surface area contributed by atoms with Gasteiger partial charge in [-0.3, -0.25) is 0 Å². The standard InChI is InChI=1S/C11H14FNO2/c1-13-10-5-8(6-14)15-11-4-7(12)2-3-9(10)11/h2-4,8,10,13-14H,5-6H2,1H3. The Morgan fingerprint density at radius 1 is 1.60 bits per heavy atom. The SMILES string of the molecule is CNC1CC(CO)Oc2cc(F)ccc21. The van der Waals surface area contributed by atoms with Crippen LogP contribution in [0.2, 0.25) is 0 Å². The van der Waals surface area contributed by atoms with Crippen LogP contribution in [0.3, 0.4) is 0 Å². The Balaban J connectivity index is 2.35. The predicted molar refractivity (Wildman–Crippen MR) is 54.3 cm³/mol. The number of rotatable bonds is 2. The van der Waals surface area contributed by atoms with Crippen LogP contribution in [0.4, 0.5) is 4.39 Å². The number of nitrogens with one attached hydrogen (secondary N) is 1. The molecule has 1 heterocycles. The van der Waals surface area contributed by atoms with Crippen LogP contribution in [0.1, 0.15) is 18.0 Å². The van der Waals surface area contributed by atoms with Crippen LogP contribution in [0.5, 0.6) is 5.75 Å². The molecule has 0 saturated carbocycles. The van der Waals surface area contributed by atoms with Crippen LogP contribution < -0.4 is 10.1 Å². The minimum atomic E-state index is -0.317. The van der Waals surface area contributed by atoms with Crippen molar-refractivity contribution < 1.29 is 14.2 Å². The van der Waals surface area contributed by atoms with Gasteiger partial charge in [-0.15, -0.1) is 0 Å². The van der Waals surface area contributed by atoms with Gasteiger partial charge in [-0.1, -0.05) is 6.07 Å². The molecule has 0 aromatic heterocycles. The van der Waals surface area contributed by atoms with Gasteiger partial charge >= 0.3 is 0 Å². The van der Waals surface area contributed by atoms with Gasteiger partial charge in [0.05, 0.1) is 6.61 Å². The van der Waals surface area contributed by atoms with Gasteiger partial charge < -0.3 is 15.2 Å². The number of fused-ring (bicyclic) bond motifs is 1. The average molecular weight is 211 g/mol. The lowest BCUT2D eigenvalue weighted by molar-refractivity contribution is 0.0842. The number of aliphatic hydroxyl groups excluding tert-OH is 1. The smallest absolute Gasteiger partial charge is 0.127 e. The minimum Gasteiger partial charge on any atom is -0.488 e. The second-order valence-electron chi connectivity index (χ2n) is 3.68. The van der Waals surface area contributed by atoms with Crippen molar-refractivity contribution in [1.29, 1.82) is 0 Å². The summed E-state index contributed by atoms with van der Waals surface area (Å²) in [7, 11) is 1.84. The molecule has 2 atom stereocenters. The molecule has 0 fully saturated rings. The first-order valence-corrected chi connectivity index (χ1v) is 4.99. The zero-order chi connectivity index (χ0) is 10.8. The molecule has 3 nitrogen and oxygen atoms in total. The molecule has 0 bridgehead atoms. The van der Waals surface area contributed by atoms with E-state index < -0.39 is 0 Å². The summed E-state index contributed by atoms with van der Waals surface area (Å²) < 4.78 is 18.5. The number of halogens is 1. The van der Waals surface area contributed by atoms with Crippen molar-refractivity contribution in [3.05, 3.63) is 29.6 Å². The quantitative estimate of drug-likeness (QED) is 0.773. The van der Waals surface area contributed by atoms with Crippen molar-refractivity contribution in [2.45, 2.75) is 18.6 Å². The monoisotopic (exact) mass is 211 g/mol. The topological polar surface area (TPSA) is 41.5 Å². The molecule has 1 aliphatic rings. The second kappa shape index (κ2) is 4.16. The Labute approximate surface area is 87.9 Å². The van der Waals surface area contributed by atoms with E-state index in [2.05, 4.69) is 5.32 Å². The van der Waals surface area contributed by atoms with Gasteiger partial charge in [0.1, 0.15) is 17.7 Å². The van der Waals surface area contributed by atoms with Crippen molar-refractivity contribution in [2.24, 2.45) is 0 Å². The highest BCUT2D eigenvalue weighted by molar-refractivity contribution is 5.38. The fourth-order valence-electron chi connectivity index (χ4n) is 1.90. The summed E-state index contributed by atoms with van der Waals surface area (Å²) in [6.07, 6.45) is 0.447. The van der Waals surface area contributed by atoms with E-state index in [4.69, 9.17) is 9.84 Å². The molecule has 2 N–H and O–H groups in total. The summed E-state index contributed by atoms with van der Waals surface area (Å²) in [5, 5.41) is 12.2. The molecule has 1 aromatic carbocycles. The Bertz CT molecular complexity index is 356. The largest absolute Gasteiger partial charge is 0.488 e. The van der Waals surface area contributed by atoms with E-state index in [0.29, 0.717) is 12.2 Å². The molecule has 0 radical (unpaired) electrons. The molecule has 2 unspecified atom stereocenters. The van der Waals surface area contributed by atoms with Crippen LogP contribution >= 0.6 is 0 Å². The molecule has 1 aromatic rings. The summed E-state index contributed by atoms with van der Waals surface area (Å²) in [5.74, 6) is 0.210. The Hall–Kier alpha value is -1.13. The molecular weight excluding hydrogens is 197 g/mol. The summed E-state index contributed by atoms with van der Waals surface area (Å²) in [6.45, 7) is -0.0475. The maximum absolute atomic E-state index is 13.0. The summed E-state index contributed by atoms with van der Waals surface area (Å²) in [5.41, 5.74) is 0.948. The van der Waals surface area contributed by atoms with Gasteiger partial charge in [0, 0.05) is 24.1 Å². The van der Waals surface area contributed by atoms with Crippen LogP contribution in [0, 0.1) is 5.82 Å². The van der Waals surface area contributed by atoms with Crippen molar-refractivity contribution in [3.63, 3.8) is 0 Å². The average Bonchev–Trinajstić information content (AvgIpc) is 2.26. The Kier molecular flexibility index (Phi) is 2.88. The van der Waals surface area contributed by atoms with E-state index >= 15 is 0 Å². The highest BCUT2D eigenvalue weighted by atomic mass is 19.1. The molecule has 0 aliphatic carbocycles. The highest BCUT2D eigenvalue weighted by Gasteiger charge is 2.26. The van der Waals surface area contributed by atoms with Crippen molar-refractivity contribution in [2.75, 3.05) is 13.7 Å². The van der Waals surface area contributed by atoms with E-state index in [-0.39, 0.29) is 24.6 Å². The van der Waals surface area contributed by atoms with Crippen LogP contribution in [-0.2, 0) is 0 Å². The maximum atomic E-state index is 13.0. The number of benzene rings is 1. The predicted octanol–water partition coefficient (Wildman–Crippen LogP) is 1.23. The Morgan fingerprint density at radius 2 is 2.40 bits per heavy atom. The zero-order valence-electron chi connectivity index (χ0n) is 8.53. The van der Waals surface area contributed by atoms with Gasteiger partial charge in [0.2, 0.25) is 0 Å². The Morgan fingerprint density at radius 3 is 3.07 bits per heavy atom. The van der Waals surface area contributed by atoms with Crippen LogP contribution in [-0.4, -0.2) is 24.9 Å². The molecule has 82 valence electrons. The fraction of sp³-hybridized carbons (Fsp3) is 0.455. The van der Waals surface area contributed by atoms with Gasteiger partial charge in [-0.25, -0.2) is 4.39 Å². The number of ether oxygens (including phenoxy) is 1. The van der Waals surface area contributed by atoms with Gasteiger partial charge in [-0.05, 0) is 13.1 Å². The molecule has 15 heavy (non-hydrogen) atoms. The maximum Gasteiger partial charge on any atom is 0.127 e. The molecule has 1 aliphatic heterocycles. The summed E-state index contributed by atoms with van der Waals surface area (Å²) in [4.78, 5) is 0. The molecule has 0 spiro atoms. The summed E-state index contributed by atoms with van der Waals surface area (Å²) >= 11 is 0. The van der Waals surface area contributed by atoms with E-state index in [9.17, 15) is 4.39 Å². The lowest BCUT2D eigenvalue weighted by Gasteiger charge is -2.31. The van der Waals surface area contributed by atoms with Crippen molar-refractivity contribution in [1.82, 2.24) is 5.32 Å². The molecule has 0 saturated heterocycles. The van der Waals surface area contributed by atoms with E-state index in [1.165, 1.54) is 12.1 Å². The first-order chi connectivity index (χ1) is 7.24. The highest BCUT2D eigenvalue weighted by Crippen LogP contribution is 2.34. The fourth-order valence-corrected chi connectivity index (χ4v) is 1.90. The third-order valence-electron chi connectivity index (χ3n) is 2.70. The normalized spacial score (nSPS) is 24.5. The third kappa shape index (κ3) is 1.96. The van der Waals surface area contributed by atoms with Crippen molar-refractivity contribution >= 4 is 0 Å². The second-order valence-corrected chi connectivity index (χ2v) is 3.68. The third-order valence-corrected chi connectivity index (χ3v) is 2.70. The van der Waals surface area contributed by atoms with Gasteiger partial charge in [-0.2, -0.15) is 0 Å². The molecule has 2 rings (SSSR count). The zero-order valence-corrected chi connectivity index (χ0v) is 8.53. The first-order valence-electron chi connectivity index (χ1n) is 4.99. The lowest BCUT2D eigenvalue weighted by atomic mass is 9.97. The molecule has 0 amide bonds. The first kappa shape index (κ1) is 10.4. The van der Waals surface area contributed by atoms with Gasteiger partial charge in [0.25, 0.3) is 0 Å². The minimum absolute atomic E-state index is 0.0475. The number of hydrogen-bond acceptors (Lipinski definition) is 3. The number of hydrogen-bond donors (Lipinski definition) is 2. The molecular formula is C11H14FNO2. The summed E-state index contributed by atoms with van der Waals surface area (Å²) in [6, 6.07) is 4.62. The number of aliphatic hydroxyl groups is 1. The molecule has 4 heteroatoms. The van der Waals surface area contributed by atoms with Crippen LogP contribution in [0.15, 0.2) is 18.2 Å². The van der Waals surface area contributed by atoms with Crippen molar-refractivity contribution in [3.8, 4) is 5.75 Å². The van der Waals surface area contributed by atoms with Gasteiger partial charge in [0.15, 0.2) is 0 Å². The van der Waals surface area contributed by atoms with E-state index in [1.807, 2.05) is 7.05 Å².